The zero-order valence-electron chi connectivity index (χ0n) is 12.9. The molecule has 0 radical (unpaired) electrons. The van der Waals surface area contributed by atoms with E-state index in [4.69, 9.17) is 9.47 Å². The van der Waals surface area contributed by atoms with Crippen molar-refractivity contribution in [1.29, 1.82) is 0 Å². The molecule has 0 spiro atoms. The van der Waals surface area contributed by atoms with Gasteiger partial charge in [-0.1, -0.05) is 18.2 Å². The van der Waals surface area contributed by atoms with Gasteiger partial charge in [0.1, 0.15) is 15.1 Å². The van der Waals surface area contributed by atoms with Gasteiger partial charge in [-0.25, -0.2) is 0 Å². The van der Waals surface area contributed by atoms with Gasteiger partial charge in [0.05, 0.1) is 12.6 Å². The maximum atomic E-state index is 12.7. The van der Waals surface area contributed by atoms with Gasteiger partial charge in [0, 0.05) is 18.0 Å². The normalized spacial score (nSPS) is 10.7. The number of ether oxygens (including phenoxy) is 2. The van der Waals surface area contributed by atoms with E-state index >= 15 is 0 Å². The first kappa shape index (κ1) is 15.9. The number of fused-ring (bicyclic) bond motifs is 1. The second-order valence-electron chi connectivity index (χ2n) is 4.99. The smallest absolute Gasteiger partial charge is 0.268 e. The third-order valence-corrected chi connectivity index (χ3v) is 4.60. The largest absolute Gasteiger partial charge is 0.497 e. The van der Waals surface area contributed by atoms with Crippen molar-refractivity contribution in [3.8, 4) is 17.2 Å². The lowest BCUT2D eigenvalue weighted by Crippen LogP contribution is -2.23. The average Bonchev–Trinajstić information content (AvgIpc) is 2.60. The van der Waals surface area contributed by atoms with Crippen LogP contribution in [-0.4, -0.2) is 11.7 Å². The summed E-state index contributed by atoms with van der Waals surface area (Å²) in [6.07, 6.45) is 0. The minimum atomic E-state index is -0.0558. The predicted molar refractivity (Wildman–Crippen MR) is 99.7 cm³/mol. The Bertz CT molecular complexity index is 904. The first-order valence-electron chi connectivity index (χ1n) is 7.28. The van der Waals surface area contributed by atoms with E-state index in [9.17, 15) is 4.79 Å². The second kappa shape index (κ2) is 6.62. The molecule has 5 heteroatoms. The summed E-state index contributed by atoms with van der Waals surface area (Å²) in [5.41, 5.74) is 0.753. The molecule has 0 fully saturated rings. The Balaban J connectivity index is 2.29. The monoisotopic (exact) mass is 421 g/mol. The molecule has 118 valence electrons. The first-order chi connectivity index (χ1) is 11.2. The van der Waals surface area contributed by atoms with E-state index in [2.05, 4.69) is 22.6 Å². The van der Waals surface area contributed by atoms with Crippen molar-refractivity contribution in [2.45, 2.75) is 13.5 Å². The van der Waals surface area contributed by atoms with Crippen molar-refractivity contribution in [1.82, 2.24) is 4.57 Å². The molecule has 0 N–H and O–H groups in total. The summed E-state index contributed by atoms with van der Waals surface area (Å²) in [4.78, 5) is 12.7. The van der Waals surface area contributed by atoms with Crippen LogP contribution >= 0.6 is 22.6 Å². The number of aromatic nitrogens is 1. The van der Waals surface area contributed by atoms with Gasteiger partial charge in [-0.05, 0) is 53.8 Å². The number of aryl methyl sites for hydroxylation is 1. The summed E-state index contributed by atoms with van der Waals surface area (Å²) < 4.78 is 13.6. The molecule has 1 aromatic heterocycles. The van der Waals surface area contributed by atoms with Crippen LogP contribution in [0.2, 0.25) is 0 Å². The molecule has 3 aromatic rings. The molecule has 0 unspecified atom stereocenters. The van der Waals surface area contributed by atoms with Crippen molar-refractivity contribution in [3.05, 3.63) is 62.5 Å². The molecule has 0 bridgehead atoms. The van der Waals surface area contributed by atoms with Gasteiger partial charge < -0.3 is 14.0 Å². The fourth-order valence-corrected chi connectivity index (χ4v) is 3.21. The molecule has 0 amide bonds. The lowest BCUT2D eigenvalue weighted by atomic mass is 10.2. The fraction of sp³-hybridized carbons (Fsp3) is 0.167. The molecule has 3 rings (SSSR count). The summed E-state index contributed by atoms with van der Waals surface area (Å²) in [6.45, 7) is 2.54. The maximum absolute atomic E-state index is 12.7. The van der Waals surface area contributed by atoms with Gasteiger partial charge in [0.25, 0.3) is 5.56 Å². The number of benzene rings is 2. The van der Waals surface area contributed by atoms with Gasteiger partial charge in [0.2, 0.25) is 0 Å². The lowest BCUT2D eigenvalue weighted by molar-refractivity contribution is 0.415. The Hall–Kier alpha value is -2.02. The van der Waals surface area contributed by atoms with E-state index < -0.39 is 0 Å². The molecule has 0 saturated heterocycles. The highest BCUT2D eigenvalue weighted by Gasteiger charge is 2.17. The molecule has 4 nitrogen and oxygen atoms in total. The Morgan fingerprint density at radius 2 is 1.83 bits per heavy atom. The van der Waals surface area contributed by atoms with Crippen LogP contribution < -0.4 is 15.0 Å². The highest BCUT2D eigenvalue weighted by Crippen LogP contribution is 2.34. The van der Waals surface area contributed by atoms with E-state index in [0.717, 1.165) is 10.9 Å². The zero-order valence-corrected chi connectivity index (χ0v) is 15.0. The average molecular weight is 421 g/mol. The summed E-state index contributed by atoms with van der Waals surface area (Å²) >= 11 is 2.06. The van der Waals surface area contributed by atoms with Gasteiger partial charge in [-0.3, -0.25) is 4.79 Å². The topological polar surface area (TPSA) is 40.5 Å². The van der Waals surface area contributed by atoms with E-state index in [0.29, 0.717) is 27.4 Å². The quantitative estimate of drug-likeness (QED) is 0.586. The summed E-state index contributed by atoms with van der Waals surface area (Å²) in [6, 6.07) is 15.2. The van der Waals surface area contributed by atoms with Crippen LogP contribution in [0.15, 0.2) is 53.3 Å². The number of hydrogen-bond acceptors (Lipinski definition) is 3. The summed E-state index contributed by atoms with van der Waals surface area (Å²) in [7, 11) is 1.61. The predicted octanol–water partition coefficient (Wildman–Crippen LogP) is 4.43. The Morgan fingerprint density at radius 1 is 1.09 bits per heavy atom. The third-order valence-electron chi connectivity index (χ3n) is 3.65. The number of rotatable bonds is 4. The fourth-order valence-electron chi connectivity index (χ4n) is 2.52. The van der Waals surface area contributed by atoms with Crippen molar-refractivity contribution >= 4 is 33.5 Å². The van der Waals surface area contributed by atoms with E-state index in [-0.39, 0.29) is 5.56 Å². The zero-order chi connectivity index (χ0) is 16.4. The molecule has 23 heavy (non-hydrogen) atoms. The molecule has 2 aromatic carbocycles. The van der Waals surface area contributed by atoms with Crippen LogP contribution in [0.1, 0.15) is 6.92 Å². The second-order valence-corrected chi connectivity index (χ2v) is 6.07. The minimum Gasteiger partial charge on any atom is -0.497 e. The molecule has 0 aliphatic rings. The third kappa shape index (κ3) is 2.93. The molecule has 0 saturated carbocycles. The van der Waals surface area contributed by atoms with Crippen LogP contribution in [0.25, 0.3) is 10.9 Å². The highest BCUT2D eigenvalue weighted by molar-refractivity contribution is 14.1. The molecular weight excluding hydrogens is 405 g/mol. The SMILES string of the molecule is CCn1c(=O)c(I)c(Oc2ccccc2)c2ccc(OC)cc21. The standard InChI is InChI=1S/C18H16INO3/c1-3-20-15-11-13(22-2)9-10-14(15)17(16(19)18(20)21)23-12-7-5-4-6-8-12/h4-11H,3H2,1-2H3. The Kier molecular flexibility index (Phi) is 4.56. The number of halogens is 1. The number of para-hydroxylation sites is 1. The molecule has 1 heterocycles. The van der Waals surface area contributed by atoms with Crippen LogP contribution in [0, 0.1) is 3.57 Å². The number of hydrogen-bond donors (Lipinski definition) is 0. The van der Waals surface area contributed by atoms with E-state index in [1.165, 1.54) is 0 Å². The maximum Gasteiger partial charge on any atom is 0.268 e. The molecule has 0 aliphatic heterocycles. The van der Waals surface area contributed by atoms with Gasteiger partial charge >= 0.3 is 0 Å². The molecule has 0 aliphatic carbocycles. The first-order valence-corrected chi connectivity index (χ1v) is 8.36. The number of pyridine rings is 1. The van der Waals surface area contributed by atoms with Gasteiger partial charge in [0.15, 0.2) is 5.75 Å². The lowest BCUT2D eigenvalue weighted by Gasteiger charge is -2.15. The summed E-state index contributed by atoms with van der Waals surface area (Å²) in [5, 5.41) is 0.889. The summed E-state index contributed by atoms with van der Waals surface area (Å²) in [5.74, 6) is 2.01. The minimum absolute atomic E-state index is 0.0558. The highest BCUT2D eigenvalue weighted by atomic mass is 127. The molecule has 0 atom stereocenters. The Morgan fingerprint density at radius 3 is 2.48 bits per heavy atom. The van der Waals surface area contributed by atoms with Crippen LogP contribution in [0.5, 0.6) is 17.2 Å². The van der Waals surface area contributed by atoms with Crippen molar-refractivity contribution < 1.29 is 9.47 Å². The molecular formula is C18H16INO3. The number of methoxy groups -OCH3 is 1. The van der Waals surface area contributed by atoms with Crippen LogP contribution in [-0.2, 0) is 6.54 Å². The van der Waals surface area contributed by atoms with Crippen molar-refractivity contribution in [3.63, 3.8) is 0 Å². The Labute approximate surface area is 147 Å². The van der Waals surface area contributed by atoms with Crippen molar-refractivity contribution in [2.75, 3.05) is 7.11 Å². The van der Waals surface area contributed by atoms with Crippen LogP contribution in [0.4, 0.5) is 0 Å². The number of nitrogens with zero attached hydrogens (tertiary/aromatic N) is 1. The van der Waals surface area contributed by atoms with Crippen LogP contribution in [0.3, 0.4) is 0 Å². The van der Waals surface area contributed by atoms with Gasteiger partial charge in [-0.2, -0.15) is 0 Å². The van der Waals surface area contributed by atoms with E-state index in [1.807, 2.05) is 55.5 Å². The van der Waals surface area contributed by atoms with E-state index in [1.54, 1.807) is 11.7 Å². The van der Waals surface area contributed by atoms with Crippen molar-refractivity contribution in [2.24, 2.45) is 0 Å². The van der Waals surface area contributed by atoms with Gasteiger partial charge in [-0.15, -0.1) is 0 Å².